The van der Waals surface area contributed by atoms with Gasteiger partial charge < -0.3 is 4.57 Å². The van der Waals surface area contributed by atoms with Crippen LogP contribution in [0.3, 0.4) is 0 Å². The van der Waals surface area contributed by atoms with Crippen molar-refractivity contribution < 1.29 is 0 Å². The largest absolute Gasteiger partial charge is 0.337 e. The third-order valence-corrected chi connectivity index (χ3v) is 4.62. The summed E-state index contributed by atoms with van der Waals surface area (Å²) in [5.41, 5.74) is 0. The molecule has 2 atom stereocenters. The highest BCUT2D eigenvalue weighted by Crippen LogP contribution is 2.35. The summed E-state index contributed by atoms with van der Waals surface area (Å²) in [5.74, 6) is 2.19. The van der Waals surface area contributed by atoms with Crippen LogP contribution in [0.1, 0.15) is 44.3 Å². The van der Waals surface area contributed by atoms with Crippen molar-refractivity contribution in [3.05, 3.63) is 18.2 Å². The molecule has 1 aromatic rings. The average Bonchev–Trinajstić information content (AvgIpc) is 2.76. The van der Waals surface area contributed by atoms with Gasteiger partial charge in [0.1, 0.15) is 5.82 Å². The predicted molar refractivity (Wildman–Crippen MR) is 68.6 cm³/mol. The maximum Gasteiger partial charge on any atom is 0.122 e. The van der Waals surface area contributed by atoms with Crippen molar-refractivity contribution in [3.63, 3.8) is 0 Å². The van der Waals surface area contributed by atoms with Gasteiger partial charge in [-0.3, -0.25) is 4.90 Å². The number of rotatable bonds is 2. The molecule has 1 aliphatic carbocycles. The Morgan fingerprint density at radius 1 is 1.24 bits per heavy atom. The second-order valence-electron chi connectivity index (χ2n) is 5.68. The van der Waals surface area contributed by atoms with Gasteiger partial charge in [-0.25, -0.2) is 4.98 Å². The van der Waals surface area contributed by atoms with E-state index < -0.39 is 0 Å². The summed E-state index contributed by atoms with van der Waals surface area (Å²) in [6, 6.07) is 0.842. The summed E-state index contributed by atoms with van der Waals surface area (Å²) in [4.78, 5) is 7.16. The molecular formula is C14H23N3. The average molecular weight is 233 g/mol. The van der Waals surface area contributed by atoms with E-state index in [2.05, 4.69) is 27.7 Å². The molecular weight excluding hydrogens is 210 g/mol. The Kier molecular flexibility index (Phi) is 3.19. The second kappa shape index (κ2) is 4.81. The molecule has 0 radical (unpaired) electrons. The lowest BCUT2D eigenvalue weighted by molar-refractivity contribution is 0.0520. The zero-order chi connectivity index (χ0) is 11.7. The van der Waals surface area contributed by atoms with Crippen LogP contribution in [0, 0.1) is 5.92 Å². The normalized spacial score (nSPS) is 30.2. The number of likely N-dealkylation sites (tertiary alicyclic amines) is 1. The van der Waals surface area contributed by atoms with E-state index >= 15 is 0 Å². The number of hydrogen-bond donors (Lipinski definition) is 0. The van der Waals surface area contributed by atoms with Gasteiger partial charge in [-0.05, 0) is 38.1 Å². The maximum absolute atomic E-state index is 4.47. The first-order chi connectivity index (χ1) is 8.34. The summed E-state index contributed by atoms with van der Waals surface area (Å²) >= 11 is 0. The molecule has 1 aliphatic heterocycles. The number of piperidine rings is 1. The van der Waals surface area contributed by atoms with E-state index in [0.29, 0.717) is 0 Å². The number of nitrogens with zero attached hydrogens (tertiary/aromatic N) is 3. The van der Waals surface area contributed by atoms with Crippen LogP contribution >= 0.6 is 0 Å². The number of fused-ring (bicyclic) bond motifs is 1. The lowest BCUT2D eigenvalue weighted by atomic mass is 9.78. The third kappa shape index (κ3) is 2.25. The lowest BCUT2D eigenvalue weighted by Crippen LogP contribution is -2.46. The van der Waals surface area contributed by atoms with Gasteiger partial charge in [-0.2, -0.15) is 0 Å². The van der Waals surface area contributed by atoms with E-state index in [0.717, 1.165) is 18.5 Å². The van der Waals surface area contributed by atoms with Crippen molar-refractivity contribution in [1.29, 1.82) is 0 Å². The van der Waals surface area contributed by atoms with Crippen molar-refractivity contribution in [1.82, 2.24) is 14.5 Å². The Labute approximate surface area is 104 Å². The molecule has 0 N–H and O–H groups in total. The molecule has 1 aromatic heterocycles. The Balaban J connectivity index is 1.71. The molecule has 0 bridgehead atoms. The van der Waals surface area contributed by atoms with Crippen LogP contribution < -0.4 is 0 Å². The van der Waals surface area contributed by atoms with Gasteiger partial charge in [0.05, 0.1) is 6.54 Å². The van der Waals surface area contributed by atoms with Gasteiger partial charge in [0.15, 0.2) is 0 Å². The summed E-state index contributed by atoms with van der Waals surface area (Å²) < 4.78 is 2.16. The number of imidazole rings is 1. The van der Waals surface area contributed by atoms with E-state index in [4.69, 9.17) is 0 Å². The summed E-state index contributed by atoms with van der Waals surface area (Å²) in [6.45, 7) is 2.32. The van der Waals surface area contributed by atoms with E-state index in [9.17, 15) is 0 Å². The van der Waals surface area contributed by atoms with Crippen molar-refractivity contribution in [2.24, 2.45) is 13.0 Å². The summed E-state index contributed by atoms with van der Waals surface area (Å²) in [7, 11) is 2.10. The van der Waals surface area contributed by atoms with E-state index in [-0.39, 0.29) is 0 Å². The fourth-order valence-electron chi connectivity index (χ4n) is 3.65. The van der Waals surface area contributed by atoms with Crippen LogP contribution in [-0.4, -0.2) is 27.0 Å². The lowest BCUT2D eigenvalue weighted by Gasteiger charge is -2.44. The zero-order valence-electron chi connectivity index (χ0n) is 10.8. The van der Waals surface area contributed by atoms with Gasteiger partial charge in [0, 0.05) is 25.5 Å². The van der Waals surface area contributed by atoms with Gasteiger partial charge in [-0.15, -0.1) is 0 Å². The molecule has 0 aromatic carbocycles. The van der Waals surface area contributed by atoms with Gasteiger partial charge >= 0.3 is 0 Å². The van der Waals surface area contributed by atoms with Crippen LogP contribution in [0.25, 0.3) is 0 Å². The zero-order valence-corrected chi connectivity index (χ0v) is 10.8. The standard InChI is InChI=1S/C14H23N3/c1-16-10-8-15-14(16)11-17-9-4-6-12-5-2-3-7-13(12)17/h8,10,12-13H,2-7,9,11H2,1H3. The molecule has 3 nitrogen and oxygen atoms in total. The van der Waals surface area contributed by atoms with Crippen LogP contribution in [0.5, 0.6) is 0 Å². The van der Waals surface area contributed by atoms with Crippen molar-refractivity contribution in [2.45, 2.75) is 51.1 Å². The minimum absolute atomic E-state index is 0.842. The van der Waals surface area contributed by atoms with Crippen LogP contribution in [0.15, 0.2) is 12.4 Å². The maximum atomic E-state index is 4.47. The first kappa shape index (κ1) is 11.3. The fourth-order valence-corrected chi connectivity index (χ4v) is 3.65. The summed E-state index contributed by atoms with van der Waals surface area (Å²) in [5, 5.41) is 0. The molecule has 1 saturated heterocycles. The Morgan fingerprint density at radius 3 is 2.88 bits per heavy atom. The highest BCUT2D eigenvalue weighted by molar-refractivity contribution is 4.95. The van der Waals surface area contributed by atoms with Crippen LogP contribution in [-0.2, 0) is 13.6 Å². The molecule has 1 saturated carbocycles. The Morgan fingerprint density at radius 2 is 2.06 bits per heavy atom. The molecule has 0 spiro atoms. The van der Waals surface area contributed by atoms with Gasteiger partial charge in [0.2, 0.25) is 0 Å². The van der Waals surface area contributed by atoms with E-state index in [1.165, 1.54) is 50.9 Å². The second-order valence-corrected chi connectivity index (χ2v) is 5.68. The number of aryl methyl sites for hydroxylation is 1. The highest BCUT2D eigenvalue weighted by atomic mass is 15.2. The molecule has 2 aliphatic rings. The topological polar surface area (TPSA) is 21.1 Å². The van der Waals surface area contributed by atoms with Crippen molar-refractivity contribution in [2.75, 3.05) is 6.54 Å². The van der Waals surface area contributed by atoms with Crippen molar-refractivity contribution >= 4 is 0 Å². The molecule has 2 unspecified atom stereocenters. The SMILES string of the molecule is Cn1ccnc1CN1CCCC2CCCCC21. The van der Waals surface area contributed by atoms with E-state index in [1.54, 1.807) is 0 Å². The van der Waals surface area contributed by atoms with Gasteiger partial charge in [-0.1, -0.05) is 12.8 Å². The summed E-state index contributed by atoms with van der Waals surface area (Å²) in [6.07, 6.45) is 12.6. The molecule has 94 valence electrons. The minimum atomic E-state index is 0.842. The molecule has 17 heavy (non-hydrogen) atoms. The Bertz CT molecular complexity index is 369. The first-order valence-electron chi connectivity index (χ1n) is 7.05. The highest BCUT2D eigenvalue weighted by Gasteiger charge is 2.33. The first-order valence-corrected chi connectivity index (χ1v) is 7.05. The third-order valence-electron chi connectivity index (χ3n) is 4.62. The molecule has 2 fully saturated rings. The molecule has 3 heteroatoms. The minimum Gasteiger partial charge on any atom is -0.337 e. The van der Waals surface area contributed by atoms with Crippen LogP contribution in [0.2, 0.25) is 0 Å². The quantitative estimate of drug-likeness (QED) is 0.783. The number of hydrogen-bond acceptors (Lipinski definition) is 2. The molecule has 2 heterocycles. The van der Waals surface area contributed by atoms with Crippen LogP contribution in [0.4, 0.5) is 0 Å². The van der Waals surface area contributed by atoms with Gasteiger partial charge in [0.25, 0.3) is 0 Å². The fraction of sp³-hybridized carbons (Fsp3) is 0.786. The number of aromatic nitrogens is 2. The predicted octanol–water partition coefficient (Wildman–Crippen LogP) is 2.57. The Hall–Kier alpha value is -0.830. The van der Waals surface area contributed by atoms with E-state index in [1.807, 2.05) is 6.20 Å². The smallest absolute Gasteiger partial charge is 0.122 e. The monoisotopic (exact) mass is 233 g/mol. The molecule has 0 amide bonds. The molecule has 3 rings (SSSR count). The van der Waals surface area contributed by atoms with Crippen molar-refractivity contribution in [3.8, 4) is 0 Å².